The summed E-state index contributed by atoms with van der Waals surface area (Å²) in [5, 5.41) is 0. The smallest absolute Gasteiger partial charge is 0.213 e. The standard InChI is InChI=1S/C41H60N2O/c1-27(20-21-41(11,12)33-19-16-22-42-37(33)40(8,9)10)36-35(39(5,6)7)30(26-34(43-36)44-13)25-28-23-29(24-28)31-17-14-15-18-32(31)38(2,3)4/h14-19,22,26-29H,20-21,23-25H2,1-13H3. The Bertz CT molecular complexity index is 1420. The van der Waals surface area contributed by atoms with E-state index in [2.05, 4.69) is 126 Å². The molecule has 1 aromatic carbocycles. The highest BCUT2D eigenvalue weighted by molar-refractivity contribution is 5.43. The van der Waals surface area contributed by atoms with Crippen LogP contribution in [0.5, 0.6) is 5.88 Å². The van der Waals surface area contributed by atoms with E-state index >= 15 is 0 Å². The summed E-state index contributed by atoms with van der Waals surface area (Å²) in [6, 6.07) is 15.7. The van der Waals surface area contributed by atoms with Gasteiger partial charge >= 0.3 is 0 Å². The van der Waals surface area contributed by atoms with Crippen molar-refractivity contribution < 1.29 is 4.74 Å². The first-order chi connectivity index (χ1) is 20.3. The summed E-state index contributed by atoms with van der Waals surface area (Å²) < 4.78 is 5.84. The molecule has 1 unspecified atom stereocenters. The fourth-order valence-corrected chi connectivity index (χ4v) is 7.48. The van der Waals surface area contributed by atoms with Crippen LogP contribution in [0.1, 0.15) is 160 Å². The Balaban J connectivity index is 1.58. The van der Waals surface area contributed by atoms with Crippen molar-refractivity contribution in [2.45, 2.75) is 149 Å². The van der Waals surface area contributed by atoms with Gasteiger partial charge in [-0.1, -0.05) is 113 Å². The Hall–Kier alpha value is -2.68. The van der Waals surface area contributed by atoms with E-state index in [-0.39, 0.29) is 21.7 Å². The van der Waals surface area contributed by atoms with Crippen molar-refractivity contribution >= 4 is 0 Å². The van der Waals surface area contributed by atoms with E-state index in [1.54, 1.807) is 12.7 Å². The zero-order valence-corrected chi connectivity index (χ0v) is 30.2. The van der Waals surface area contributed by atoms with Crippen LogP contribution in [0.15, 0.2) is 48.7 Å². The Morgan fingerprint density at radius 2 is 1.45 bits per heavy atom. The largest absolute Gasteiger partial charge is 0.481 e. The van der Waals surface area contributed by atoms with E-state index < -0.39 is 0 Å². The number of methoxy groups -OCH3 is 1. The number of benzene rings is 1. The van der Waals surface area contributed by atoms with Crippen LogP contribution in [0.2, 0.25) is 0 Å². The van der Waals surface area contributed by atoms with E-state index in [1.165, 1.54) is 46.5 Å². The van der Waals surface area contributed by atoms with Gasteiger partial charge in [0.15, 0.2) is 0 Å². The molecule has 0 saturated heterocycles. The average molecular weight is 597 g/mol. The number of aromatic nitrogens is 2. The third-order valence-corrected chi connectivity index (χ3v) is 9.93. The van der Waals surface area contributed by atoms with E-state index in [4.69, 9.17) is 14.7 Å². The minimum atomic E-state index is -0.00153. The summed E-state index contributed by atoms with van der Waals surface area (Å²) in [4.78, 5) is 10.0. The lowest BCUT2D eigenvalue weighted by atomic mass is 9.65. The van der Waals surface area contributed by atoms with Gasteiger partial charge in [-0.2, -0.15) is 0 Å². The molecule has 44 heavy (non-hydrogen) atoms. The Morgan fingerprint density at radius 3 is 2.05 bits per heavy atom. The third kappa shape index (κ3) is 7.57. The molecule has 1 saturated carbocycles. The quantitative estimate of drug-likeness (QED) is 0.246. The topological polar surface area (TPSA) is 35.0 Å². The fraction of sp³-hybridized carbons (Fsp3) is 0.610. The molecular weight excluding hydrogens is 536 g/mol. The molecule has 1 aliphatic rings. The van der Waals surface area contributed by atoms with Gasteiger partial charge in [0.2, 0.25) is 5.88 Å². The summed E-state index contributed by atoms with van der Waals surface area (Å²) in [5.41, 5.74) is 9.91. The average Bonchev–Trinajstić information content (AvgIpc) is 2.91. The highest BCUT2D eigenvalue weighted by Crippen LogP contribution is 2.48. The Kier molecular flexibility index (Phi) is 9.80. The second kappa shape index (κ2) is 12.6. The van der Waals surface area contributed by atoms with Crippen molar-refractivity contribution in [2.24, 2.45) is 5.92 Å². The summed E-state index contributed by atoms with van der Waals surface area (Å²) in [5.74, 6) is 2.42. The molecule has 0 N–H and O–H groups in total. The summed E-state index contributed by atoms with van der Waals surface area (Å²) in [6.07, 6.45) is 7.66. The number of hydrogen-bond donors (Lipinski definition) is 0. The molecule has 1 atom stereocenters. The molecule has 0 spiro atoms. The van der Waals surface area contributed by atoms with E-state index in [9.17, 15) is 0 Å². The van der Waals surface area contributed by atoms with Gasteiger partial charge in [-0.3, -0.25) is 4.98 Å². The van der Waals surface area contributed by atoms with Gasteiger partial charge in [-0.05, 0) is 100.0 Å². The van der Waals surface area contributed by atoms with Crippen molar-refractivity contribution in [1.82, 2.24) is 9.97 Å². The predicted octanol–water partition coefficient (Wildman–Crippen LogP) is 11.0. The summed E-state index contributed by atoms with van der Waals surface area (Å²) >= 11 is 0. The highest BCUT2D eigenvalue weighted by atomic mass is 16.5. The molecular formula is C41H60N2O. The molecule has 2 aromatic heterocycles. The van der Waals surface area contributed by atoms with E-state index in [0.717, 1.165) is 25.1 Å². The molecule has 1 aliphatic carbocycles. The number of rotatable bonds is 9. The first-order valence-corrected chi connectivity index (χ1v) is 17.0. The molecule has 1 fully saturated rings. The van der Waals surface area contributed by atoms with Gasteiger partial charge in [-0.15, -0.1) is 0 Å². The second-order valence-corrected chi connectivity index (χ2v) is 17.4. The van der Waals surface area contributed by atoms with Gasteiger partial charge in [0.1, 0.15) is 0 Å². The van der Waals surface area contributed by atoms with Crippen molar-refractivity contribution in [3.63, 3.8) is 0 Å². The van der Waals surface area contributed by atoms with Crippen LogP contribution in [0.4, 0.5) is 0 Å². The van der Waals surface area contributed by atoms with Gasteiger partial charge in [0.05, 0.1) is 12.8 Å². The normalized spacial score (nSPS) is 18.6. The number of nitrogens with zero attached hydrogens (tertiary/aromatic N) is 2. The molecule has 3 heteroatoms. The van der Waals surface area contributed by atoms with Crippen LogP contribution in [-0.2, 0) is 28.1 Å². The van der Waals surface area contributed by atoms with Crippen LogP contribution < -0.4 is 4.74 Å². The zero-order chi connectivity index (χ0) is 32.7. The van der Waals surface area contributed by atoms with Crippen LogP contribution in [-0.4, -0.2) is 17.1 Å². The molecule has 0 amide bonds. The molecule has 4 rings (SSSR count). The molecule has 0 bridgehead atoms. The molecule has 2 heterocycles. The maximum Gasteiger partial charge on any atom is 0.213 e. The first-order valence-electron chi connectivity index (χ1n) is 17.0. The van der Waals surface area contributed by atoms with Crippen molar-refractivity contribution in [1.29, 1.82) is 0 Å². The fourth-order valence-electron chi connectivity index (χ4n) is 7.48. The monoisotopic (exact) mass is 596 g/mol. The van der Waals surface area contributed by atoms with Crippen LogP contribution in [0.25, 0.3) is 0 Å². The van der Waals surface area contributed by atoms with Gasteiger partial charge in [0, 0.05) is 23.4 Å². The van der Waals surface area contributed by atoms with E-state index in [1.807, 2.05) is 6.20 Å². The number of hydrogen-bond acceptors (Lipinski definition) is 3. The van der Waals surface area contributed by atoms with Gasteiger partial charge in [0.25, 0.3) is 0 Å². The molecule has 3 nitrogen and oxygen atoms in total. The first kappa shape index (κ1) is 34.2. The highest BCUT2D eigenvalue weighted by Gasteiger charge is 2.36. The lowest BCUT2D eigenvalue weighted by Gasteiger charge is -2.40. The lowest BCUT2D eigenvalue weighted by Crippen LogP contribution is -2.29. The number of ether oxygens (including phenoxy) is 1. The van der Waals surface area contributed by atoms with Gasteiger partial charge in [-0.25, -0.2) is 4.98 Å². The minimum absolute atomic E-state index is 0.00153. The van der Waals surface area contributed by atoms with E-state index in [0.29, 0.717) is 17.8 Å². The van der Waals surface area contributed by atoms with Gasteiger partial charge < -0.3 is 4.74 Å². The molecule has 3 aromatic rings. The maximum atomic E-state index is 5.84. The van der Waals surface area contributed by atoms with Crippen LogP contribution in [0.3, 0.4) is 0 Å². The SMILES string of the molecule is COc1cc(CC2CC(c3ccccc3C(C)(C)C)C2)c(C(C)(C)C)c(C(C)CCC(C)(C)c2cccnc2C(C)(C)C)n1. The van der Waals surface area contributed by atoms with Crippen molar-refractivity contribution in [3.8, 4) is 5.88 Å². The predicted molar refractivity (Wildman–Crippen MR) is 187 cm³/mol. The third-order valence-electron chi connectivity index (χ3n) is 9.93. The van der Waals surface area contributed by atoms with Crippen LogP contribution in [0, 0.1) is 5.92 Å². The Labute approximate surface area is 269 Å². The number of pyridine rings is 2. The Morgan fingerprint density at radius 1 is 0.818 bits per heavy atom. The molecule has 0 aliphatic heterocycles. The summed E-state index contributed by atoms with van der Waals surface area (Å²) in [6.45, 7) is 28.0. The molecule has 0 radical (unpaired) electrons. The lowest BCUT2D eigenvalue weighted by molar-refractivity contribution is 0.258. The minimum Gasteiger partial charge on any atom is -0.481 e. The van der Waals surface area contributed by atoms with Crippen molar-refractivity contribution in [3.05, 3.63) is 87.9 Å². The maximum absolute atomic E-state index is 5.84. The second-order valence-electron chi connectivity index (χ2n) is 17.4. The zero-order valence-electron chi connectivity index (χ0n) is 30.2. The summed E-state index contributed by atoms with van der Waals surface area (Å²) in [7, 11) is 1.76. The molecule has 240 valence electrons. The van der Waals surface area contributed by atoms with Crippen LogP contribution >= 0.6 is 0 Å². The van der Waals surface area contributed by atoms with Crippen molar-refractivity contribution in [2.75, 3.05) is 7.11 Å².